The second-order valence-electron chi connectivity index (χ2n) is 9.44. The molecule has 3 aliphatic heterocycles. The molecule has 1 atom stereocenters. The van der Waals surface area contributed by atoms with Gasteiger partial charge in [0.2, 0.25) is 5.91 Å². The van der Waals surface area contributed by atoms with Crippen LogP contribution >= 0.6 is 0 Å². The van der Waals surface area contributed by atoms with Crippen molar-refractivity contribution in [2.75, 3.05) is 26.2 Å². The van der Waals surface area contributed by atoms with E-state index in [0.717, 1.165) is 43.5 Å². The van der Waals surface area contributed by atoms with Crippen LogP contribution in [-0.4, -0.2) is 56.1 Å². The minimum atomic E-state index is -3.72. The van der Waals surface area contributed by atoms with Crippen LogP contribution in [0.2, 0.25) is 0 Å². The first-order valence-electron chi connectivity index (χ1n) is 11.3. The summed E-state index contributed by atoms with van der Waals surface area (Å²) >= 11 is 0. The van der Waals surface area contributed by atoms with Gasteiger partial charge >= 0.3 is 0 Å². The Morgan fingerprint density at radius 1 is 1.03 bits per heavy atom. The number of rotatable bonds is 2. The molecule has 0 aliphatic carbocycles. The van der Waals surface area contributed by atoms with E-state index >= 15 is 0 Å². The number of nitrogens with zero attached hydrogens (tertiary/aromatic N) is 3. The van der Waals surface area contributed by atoms with E-state index in [1.165, 1.54) is 6.42 Å². The Bertz CT molecular complexity index is 1050. The largest absolute Gasteiger partial charge is 0.356 e. The molecule has 4 rings (SSSR count). The van der Waals surface area contributed by atoms with E-state index in [-0.39, 0.29) is 11.8 Å². The quantitative estimate of drug-likeness (QED) is 0.698. The zero-order valence-corrected chi connectivity index (χ0v) is 19.8. The van der Waals surface area contributed by atoms with E-state index in [9.17, 15) is 13.2 Å². The number of aryl methyl sites for hydroxylation is 2. The number of benzene rings is 1. The highest BCUT2D eigenvalue weighted by atomic mass is 32.2. The molecule has 1 aromatic carbocycles. The van der Waals surface area contributed by atoms with Crippen molar-refractivity contribution in [3.8, 4) is 0 Å². The van der Waals surface area contributed by atoms with Gasteiger partial charge in [-0.25, -0.2) is 0 Å². The van der Waals surface area contributed by atoms with E-state index < -0.39 is 10.0 Å². The summed E-state index contributed by atoms with van der Waals surface area (Å²) in [7, 11) is -3.72. The number of sulfonamides is 1. The van der Waals surface area contributed by atoms with Crippen LogP contribution in [0.1, 0.15) is 56.2 Å². The Morgan fingerprint density at radius 2 is 1.74 bits per heavy atom. The van der Waals surface area contributed by atoms with Crippen LogP contribution in [0.3, 0.4) is 0 Å². The van der Waals surface area contributed by atoms with Crippen LogP contribution in [0.25, 0.3) is 4.91 Å². The molecule has 0 unspecified atom stereocenters. The van der Waals surface area contributed by atoms with Gasteiger partial charge in [0, 0.05) is 37.7 Å². The van der Waals surface area contributed by atoms with Crippen molar-refractivity contribution in [2.24, 2.45) is 16.2 Å². The summed E-state index contributed by atoms with van der Waals surface area (Å²) in [5, 5.41) is 0. The molecule has 3 aliphatic rings. The second-order valence-corrected chi connectivity index (χ2v) is 11.0. The third kappa shape index (κ3) is 4.29. The van der Waals surface area contributed by atoms with Crippen LogP contribution < -0.4 is 0 Å². The van der Waals surface area contributed by atoms with E-state index in [2.05, 4.69) is 11.3 Å². The van der Waals surface area contributed by atoms with Crippen molar-refractivity contribution in [1.29, 1.82) is 0 Å². The van der Waals surface area contributed by atoms with Gasteiger partial charge in [-0.3, -0.25) is 4.79 Å². The number of piperidine rings is 2. The lowest BCUT2D eigenvalue weighted by Crippen LogP contribution is -2.47. The lowest BCUT2D eigenvalue weighted by molar-refractivity contribution is -0.138. The van der Waals surface area contributed by atoms with Gasteiger partial charge in [-0.15, -0.1) is 4.40 Å². The number of amides is 1. The summed E-state index contributed by atoms with van der Waals surface area (Å²) < 4.78 is 29.9. The molecule has 1 aromatic rings. The SMILES string of the molecule is CC1=C(c2ccc(C)c(C)c2)S(=O)(=O)N=C1N1CCC(C(=O)N2CCC[C@H](C)C2)CC1. The summed E-state index contributed by atoms with van der Waals surface area (Å²) in [6.07, 6.45) is 3.78. The molecule has 0 spiro atoms. The number of hydrogen-bond donors (Lipinski definition) is 0. The molecular formula is C24H33N3O3S. The summed E-state index contributed by atoms with van der Waals surface area (Å²) in [4.78, 5) is 17.4. The molecule has 31 heavy (non-hydrogen) atoms. The maximum atomic E-state index is 13.0. The van der Waals surface area contributed by atoms with Crippen molar-refractivity contribution >= 4 is 26.7 Å². The van der Waals surface area contributed by atoms with Crippen LogP contribution in [0.15, 0.2) is 28.2 Å². The van der Waals surface area contributed by atoms with E-state index in [4.69, 9.17) is 0 Å². The van der Waals surface area contributed by atoms with Crippen LogP contribution in [-0.2, 0) is 14.8 Å². The van der Waals surface area contributed by atoms with Gasteiger partial charge in [-0.2, -0.15) is 8.42 Å². The summed E-state index contributed by atoms with van der Waals surface area (Å²) in [5.74, 6) is 1.43. The average molecular weight is 444 g/mol. The molecule has 0 bridgehead atoms. The maximum absolute atomic E-state index is 13.0. The highest BCUT2D eigenvalue weighted by Gasteiger charge is 2.37. The molecule has 0 N–H and O–H groups in total. The standard InChI is InChI=1S/C24H33N3O3S/c1-16-6-5-11-27(15-16)24(28)20-9-12-26(13-10-20)23-19(4)22(31(29,30)25-23)21-8-7-17(2)18(3)14-21/h7-8,14,16,20H,5-6,9-13,15H2,1-4H3/t16-/m0/s1. The lowest BCUT2D eigenvalue weighted by Gasteiger charge is -2.37. The average Bonchev–Trinajstić information content (AvgIpc) is 2.98. The van der Waals surface area contributed by atoms with Gasteiger partial charge in [-0.1, -0.05) is 25.1 Å². The van der Waals surface area contributed by atoms with Gasteiger partial charge in [0.1, 0.15) is 10.7 Å². The first kappa shape index (κ1) is 22.1. The van der Waals surface area contributed by atoms with Crippen molar-refractivity contribution < 1.29 is 13.2 Å². The monoisotopic (exact) mass is 443 g/mol. The van der Waals surface area contributed by atoms with E-state index in [0.29, 0.717) is 40.9 Å². The molecule has 0 aromatic heterocycles. The normalized spacial score (nSPS) is 24.5. The molecule has 2 fully saturated rings. The number of amidine groups is 1. The van der Waals surface area contributed by atoms with Gasteiger partial charge < -0.3 is 9.80 Å². The smallest absolute Gasteiger partial charge is 0.285 e. The molecule has 3 heterocycles. The zero-order valence-electron chi connectivity index (χ0n) is 19.0. The fraction of sp³-hybridized carbons (Fsp3) is 0.583. The predicted molar refractivity (Wildman–Crippen MR) is 124 cm³/mol. The molecule has 7 heteroatoms. The van der Waals surface area contributed by atoms with Gasteiger partial charge in [0.05, 0.1) is 0 Å². The Kier molecular flexibility index (Phi) is 5.99. The third-order valence-electron chi connectivity index (χ3n) is 7.02. The van der Waals surface area contributed by atoms with E-state index in [1.54, 1.807) is 0 Å². The van der Waals surface area contributed by atoms with Crippen molar-refractivity contribution in [3.05, 3.63) is 40.5 Å². The first-order chi connectivity index (χ1) is 14.7. The predicted octanol–water partition coefficient (Wildman–Crippen LogP) is 3.75. The molecule has 6 nitrogen and oxygen atoms in total. The summed E-state index contributed by atoms with van der Waals surface area (Å²) in [6, 6.07) is 5.74. The van der Waals surface area contributed by atoms with Crippen molar-refractivity contribution in [1.82, 2.24) is 9.80 Å². The molecule has 1 amide bonds. The van der Waals surface area contributed by atoms with E-state index in [1.807, 2.05) is 48.8 Å². The fourth-order valence-corrected chi connectivity index (χ4v) is 6.53. The topological polar surface area (TPSA) is 70.0 Å². The number of carbonyl (C=O) groups excluding carboxylic acids is 1. The fourth-order valence-electron chi connectivity index (χ4n) is 5.05. The maximum Gasteiger partial charge on any atom is 0.285 e. The minimum absolute atomic E-state index is 0.0312. The molecule has 0 saturated carbocycles. The van der Waals surface area contributed by atoms with Crippen LogP contribution in [0, 0.1) is 25.7 Å². The van der Waals surface area contributed by atoms with Crippen LogP contribution in [0.5, 0.6) is 0 Å². The minimum Gasteiger partial charge on any atom is -0.356 e. The second kappa shape index (κ2) is 8.41. The summed E-state index contributed by atoms with van der Waals surface area (Å²) in [5.41, 5.74) is 3.60. The Morgan fingerprint density at radius 3 is 2.39 bits per heavy atom. The highest BCUT2D eigenvalue weighted by Crippen LogP contribution is 2.35. The molecule has 2 saturated heterocycles. The summed E-state index contributed by atoms with van der Waals surface area (Å²) in [6.45, 7) is 11.1. The first-order valence-corrected chi connectivity index (χ1v) is 12.8. The van der Waals surface area contributed by atoms with Gasteiger partial charge in [0.25, 0.3) is 10.0 Å². The molecule has 168 valence electrons. The van der Waals surface area contributed by atoms with Crippen LogP contribution in [0.4, 0.5) is 0 Å². The van der Waals surface area contributed by atoms with Crippen molar-refractivity contribution in [3.63, 3.8) is 0 Å². The Labute approximate surface area is 186 Å². The van der Waals surface area contributed by atoms with Gasteiger partial charge in [-0.05, 0) is 69.1 Å². The zero-order chi connectivity index (χ0) is 22.3. The highest BCUT2D eigenvalue weighted by molar-refractivity contribution is 8.00. The van der Waals surface area contributed by atoms with Crippen molar-refractivity contribution in [2.45, 2.75) is 53.4 Å². The number of likely N-dealkylation sites (tertiary alicyclic amines) is 2. The molecule has 0 radical (unpaired) electrons. The Hall–Kier alpha value is -2.15. The third-order valence-corrected chi connectivity index (χ3v) is 8.49. The number of carbonyl (C=O) groups is 1. The Balaban J connectivity index is 1.49. The number of hydrogen-bond acceptors (Lipinski definition) is 4. The molecular weight excluding hydrogens is 410 g/mol. The van der Waals surface area contributed by atoms with Gasteiger partial charge in [0.15, 0.2) is 0 Å². The lowest BCUT2D eigenvalue weighted by atomic mass is 9.92.